The fourth-order valence-electron chi connectivity index (χ4n) is 2.15. The van der Waals surface area contributed by atoms with Crippen molar-refractivity contribution in [2.75, 3.05) is 0 Å². The molecule has 0 saturated carbocycles. The van der Waals surface area contributed by atoms with Gasteiger partial charge < -0.3 is 0 Å². The molecule has 0 bridgehead atoms. The van der Waals surface area contributed by atoms with Gasteiger partial charge >= 0.3 is 0 Å². The first kappa shape index (κ1) is 12.5. The third-order valence-corrected chi connectivity index (χ3v) is 3.23. The van der Waals surface area contributed by atoms with Gasteiger partial charge in [-0.3, -0.25) is 9.36 Å². The SMILES string of the molecule is CC(C)n1nnc2c(=O)n(C)c(-c3ccccc3)nc21. The monoisotopic (exact) mass is 269 g/mol. The number of aromatic nitrogens is 5. The molecule has 0 fully saturated rings. The Bertz CT molecular complexity index is 817. The summed E-state index contributed by atoms with van der Waals surface area (Å²) in [6, 6.07) is 9.73. The Labute approximate surface area is 115 Å². The van der Waals surface area contributed by atoms with Crippen LogP contribution in [0.5, 0.6) is 0 Å². The summed E-state index contributed by atoms with van der Waals surface area (Å²) in [5, 5.41) is 7.97. The minimum absolute atomic E-state index is 0.100. The van der Waals surface area contributed by atoms with Crippen molar-refractivity contribution in [1.29, 1.82) is 0 Å². The van der Waals surface area contributed by atoms with Gasteiger partial charge in [0.25, 0.3) is 5.56 Å². The number of hydrogen-bond acceptors (Lipinski definition) is 4. The molecule has 0 radical (unpaired) electrons. The number of benzene rings is 1. The Balaban J connectivity index is 2.36. The molecule has 2 heterocycles. The van der Waals surface area contributed by atoms with Crippen LogP contribution in [0.2, 0.25) is 0 Å². The number of nitrogens with zero attached hydrogens (tertiary/aromatic N) is 5. The predicted octanol–water partition coefficient (Wildman–Crippen LogP) is 1.77. The van der Waals surface area contributed by atoms with Crippen molar-refractivity contribution >= 4 is 11.2 Å². The Morgan fingerprint density at radius 2 is 1.85 bits per heavy atom. The summed E-state index contributed by atoms with van der Waals surface area (Å²) in [5.74, 6) is 0.618. The predicted molar refractivity (Wildman–Crippen MR) is 76.4 cm³/mol. The highest BCUT2D eigenvalue weighted by atomic mass is 16.1. The molecule has 0 aliphatic heterocycles. The quantitative estimate of drug-likeness (QED) is 0.711. The van der Waals surface area contributed by atoms with E-state index in [1.807, 2.05) is 44.2 Å². The zero-order valence-electron chi connectivity index (χ0n) is 11.6. The first-order valence-electron chi connectivity index (χ1n) is 6.47. The van der Waals surface area contributed by atoms with Crippen LogP contribution >= 0.6 is 0 Å². The lowest BCUT2D eigenvalue weighted by Gasteiger charge is -2.09. The number of rotatable bonds is 2. The number of fused-ring (bicyclic) bond motifs is 1. The summed E-state index contributed by atoms with van der Waals surface area (Å²) < 4.78 is 3.18. The van der Waals surface area contributed by atoms with Gasteiger partial charge in [0.2, 0.25) is 0 Å². The second kappa shape index (κ2) is 4.56. The maximum atomic E-state index is 12.4. The molecule has 0 N–H and O–H groups in total. The van der Waals surface area contributed by atoms with E-state index in [2.05, 4.69) is 15.3 Å². The Kier molecular flexibility index (Phi) is 2.85. The molecule has 2 aromatic heterocycles. The first-order valence-corrected chi connectivity index (χ1v) is 6.47. The summed E-state index contributed by atoms with van der Waals surface area (Å²) in [5.41, 5.74) is 1.55. The molecule has 3 aromatic rings. The molecule has 1 aromatic carbocycles. The van der Waals surface area contributed by atoms with Crippen LogP contribution in [0, 0.1) is 0 Å². The first-order chi connectivity index (χ1) is 9.59. The van der Waals surface area contributed by atoms with Crippen molar-refractivity contribution < 1.29 is 0 Å². The molecule has 0 atom stereocenters. The molecule has 0 spiro atoms. The van der Waals surface area contributed by atoms with Crippen LogP contribution in [0.4, 0.5) is 0 Å². The van der Waals surface area contributed by atoms with Gasteiger partial charge in [0.05, 0.1) is 6.04 Å². The van der Waals surface area contributed by atoms with Crippen molar-refractivity contribution in [2.45, 2.75) is 19.9 Å². The van der Waals surface area contributed by atoms with Gasteiger partial charge in [-0.25, -0.2) is 9.67 Å². The van der Waals surface area contributed by atoms with Gasteiger partial charge in [0, 0.05) is 12.6 Å². The lowest BCUT2D eigenvalue weighted by Crippen LogP contribution is -2.21. The summed E-state index contributed by atoms with van der Waals surface area (Å²) in [6.45, 7) is 3.96. The van der Waals surface area contributed by atoms with Crippen LogP contribution in [0.25, 0.3) is 22.6 Å². The standard InChI is InChI=1S/C14H15N5O/c1-9(2)19-13-11(16-17-19)14(20)18(3)12(15-13)10-7-5-4-6-8-10/h4-9H,1-3H3. The van der Waals surface area contributed by atoms with Gasteiger partial charge in [0.15, 0.2) is 11.2 Å². The molecule has 0 aliphatic rings. The number of hydrogen-bond donors (Lipinski definition) is 0. The summed E-state index contributed by atoms with van der Waals surface area (Å²) in [7, 11) is 1.70. The van der Waals surface area contributed by atoms with Crippen LogP contribution < -0.4 is 5.56 Å². The normalized spacial score (nSPS) is 11.4. The lowest BCUT2D eigenvalue weighted by atomic mass is 10.2. The summed E-state index contributed by atoms with van der Waals surface area (Å²) in [4.78, 5) is 17.0. The Morgan fingerprint density at radius 1 is 1.15 bits per heavy atom. The van der Waals surface area contributed by atoms with E-state index in [4.69, 9.17) is 0 Å². The molecule has 0 amide bonds. The Morgan fingerprint density at radius 3 is 2.50 bits per heavy atom. The molecule has 102 valence electrons. The average molecular weight is 269 g/mol. The van der Waals surface area contributed by atoms with Crippen molar-refractivity contribution in [3.63, 3.8) is 0 Å². The zero-order valence-corrected chi connectivity index (χ0v) is 11.6. The van der Waals surface area contributed by atoms with E-state index in [9.17, 15) is 4.79 Å². The van der Waals surface area contributed by atoms with Crippen LogP contribution in [0.15, 0.2) is 35.1 Å². The van der Waals surface area contributed by atoms with E-state index in [0.29, 0.717) is 17.0 Å². The summed E-state index contributed by atoms with van der Waals surface area (Å²) in [6.07, 6.45) is 0. The van der Waals surface area contributed by atoms with Crippen LogP contribution in [0.1, 0.15) is 19.9 Å². The van der Waals surface area contributed by atoms with Gasteiger partial charge in [-0.15, -0.1) is 5.10 Å². The molecule has 0 aliphatic carbocycles. The van der Waals surface area contributed by atoms with Crippen molar-refractivity contribution in [3.8, 4) is 11.4 Å². The highest BCUT2D eigenvalue weighted by Crippen LogP contribution is 2.18. The minimum Gasteiger partial charge on any atom is -0.294 e. The van der Waals surface area contributed by atoms with E-state index in [0.717, 1.165) is 5.56 Å². The molecule has 6 heteroatoms. The van der Waals surface area contributed by atoms with E-state index >= 15 is 0 Å². The van der Waals surface area contributed by atoms with E-state index in [-0.39, 0.29) is 11.6 Å². The van der Waals surface area contributed by atoms with Gasteiger partial charge in [-0.05, 0) is 13.8 Å². The topological polar surface area (TPSA) is 65.6 Å². The Hall–Kier alpha value is -2.50. The fraction of sp³-hybridized carbons (Fsp3) is 0.286. The van der Waals surface area contributed by atoms with Gasteiger partial charge in [-0.1, -0.05) is 35.5 Å². The smallest absolute Gasteiger partial charge is 0.283 e. The lowest BCUT2D eigenvalue weighted by molar-refractivity contribution is 0.526. The van der Waals surface area contributed by atoms with Gasteiger partial charge in [-0.2, -0.15) is 0 Å². The van der Waals surface area contributed by atoms with Crippen molar-refractivity contribution in [1.82, 2.24) is 24.5 Å². The maximum Gasteiger partial charge on any atom is 0.283 e. The largest absolute Gasteiger partial charge is 0.294 e. The maximum absolute atomic E-state index is 12.4. The fourth-order valence-corrected chi connectivity index (χ4v) is 2.15. The second-order valence-corrected chi connectivity index (χ2v) is 4.97. The molecule has 0 unspecified atom stereocenters. The van der Waals surface area contributed by atoms with E-state index < -0.39 is 0 Å². The average Bonchev–Trinajstić information content (AvgIpc) is 2.88. The van der Waals surface area contributed by atoms with Gasteiger partial charge in [0.1, 0.15) is 5.82 Å². The molecular formula is C14H15N5O. The molecule has 3 rings (SSSR count). The molecule has 6 nitrogen and oxygen atoms in total. The second-order valence-electron chi connectivity index (χ2n) is 4.97. The highest BCUT2D eigenvalue weighted by molar-refractivity contribution is 5.72. The van der Waals surface area contributed by atoms with E-state index in [1.54, 1.807) is 11.7 Å². The molecule has 0 saturated heterocycles. The van der Waals surface area contributed by atoms with Crippen molar-refractivity contribution in [3.05, 3.63) is 40.7 Å². The third-order valence-electron chi connectivity index (χ3n) is 3.23. The third kappa shape index (κ3) is 1.80. The molecule has 20 heavy (non-hydrogen) atoms. The van der Waals surface area contributed by atoms with Crippen LogP contribution in [0.3, 0.4) is 0 Å². The van der Waals surface area contributed by atoms with Crippen LogP contribution in [-0.2, 0) is 7.05 Å². The highest BCUT2D eigenvalue weighted by Gasteiger charge is 2.16. The minimum atomic E-state index is -0.180. The molecular weight excluding hydrogens is 254 g/mol. The van der Waals surface area contributed by atoms with Crippen molar-refractivity contribution in [2.24, 2.45) is 7.05 Å². The summed E-state index contributed by atoms with van der Waals surface area (Å²) >= 11 is 0. The zero-order chi connectivity index (χ0) is 14.3. The van der Waals surface area contributed by atoms with E-state index in [1.165, 1.54) is 4.57 Å². The van der Waals surface area contributed by atoms with Crippen LogP contribution in [-0.4, -0.2) is 24.5 Å².